The van der Waals surface area contributed by atoms with Gasteiger partial charge in [0, 0.05) is 38.3 Å². The van der Waals surface area contributed by atoms with Crippen LogP contribution in [0.2, 0.25) is 0 Å². The highest BCUT2D eigenvalue weighted by atomic mass is 16.5. The normalized spacial score (nSPS) is 13.2. The molecule has 0 saturated heterocycles. The van der Waals surface area contributed by atoms with Crippen molar-refractivity contribution in [3.63, 3.8) is 0 Å². The molecule has 0 aliphatic carbocycles. The fourth-order valence-electron chi connectivity index (χ4n) is 2.88. The number of carbonyl (C=O) groups is 1. The number of fused-ring (bicyclic) bond motifs is 1. The van der Waals surface area contributed by atoms with Gasteiger partial charge in [-0.05, 0) is 24.1 Å². The largest absolute Gasteiger partial charge is 0.384 e. The summed E-state index contributed by atoms with van der Waals surface area (Å²) in [6.07, 6.45) is 4.97. The number of ether oxygens (including phenoxy) is 1. The van der Waals surface area contributed by atoms with Gasteiger partial charge < -0.3 is 19.5 Å². The fraction of sp³-hybridized carbons (Fsp3) is 0.412. The van der Waals surface area contributed by atoms with Gasteiger partial charge in [-0.1, -0.05) is 6.07 Å². The predicted octanol–water partition coefficient (Wildman–Crippen LogP) is 1.97. The predicted molar refractivity (Wildman–Crippen MR) is 89.7 cm³/mol. The Kier molecular flexibility index (Phi) is 4.62. The molecule has 1 aromatic carbocycles. The third-order valence-electron chi connectivity index (χ3n) is 4.26. The summed E-state index contributed by atoms with van der Waals surface area (Å²) in [7, 11) is 3.42. The molecule has 1 aromatic heterocycles. The van der Waals surface area contributed by atoms with Crippen molar-refractivity contribution in [3.05, 3.63) is 42.0 Å². The van der Waals surface area contributed by atoms with Gasteiger partial charge in [0.05, 0.1) is 31.6 Å². The van der Waals surface area contributed by atoms with E-state index in [4.69, 9.17) is 4.74 Å². The lowest BCUT2D eigenvalue weighted by Gasteiger charge is -2.22. The number of hydrogen-bond acceptors (Lipinski definition) is 4. The van der Waals surface area contributed by atoms with Crippen molar-refractivity contribution in [2.45, 2.75) is 19.4 Å². The SMILES string of the molecule is COCCC(=O)N(C)c1ccc2c(c1)N(Cc1cnc[nH]1)CC2. The number of amides is 1. The Morgan fingerprint density at radius 1 is 1.48 bits per heavy atom. The Hall–Kier alpha value is -2.34. The second kappa shape index (κ2) is 6.83. The lowest BCUT2D eigenvalue weighted by Crippen LogP contribution is -2.27. The maximum Gasteiger partial charge on any atom is 0.229 e. The summed E-state index contributed by atoms with van der Waals surface area (Å²) in [5, 5.41) is 0. The molecule has 1 aliphatic rings. The molecule has 0 saturated carbocycles. The number of methoxy groups -OCH3 is 1. The Morgan fingerprint density at radius 3 is 3.09 bits per heavy atom. The first-order valence-electron chi connectivity index (χ1n) is 7.79. The number of H-pyrrole nitrogens is 1. The summed E-state index contributed by atoms with van der Waals surface area (Å²) in [4.78, 5) is 23.4. The number of aromatic nitrogens is 2. The van der Waals surface area contributed by atoms with Crippen LogP contribution in [0.5, 0.6) is 0 Å². The van der Waals surface area contributed by atoms with Gasteiger partial charge in [-0.2, -0.15) is 0 Å². The third-order valence-corrected chi connectivity index (χ3v) is 4.26. The summed E-state index contributed by atoms with van der Waals surface area (Å²) >= 11 is 0. The van der Waals surface area contributed by atoms with E-state index < -0.39 is 0 Å². The molecule has 2 aromatic rings. The quantitative estimate of drug-likeness (QED) is 0.885. The van der Waals surface area contributed by atoms with Gasteiger partial charge in [-0.3, -0.25) is 4.79 Å². The molecule has 23 heavy (non-hydrogen) atoms. The first kappa shape index (κ1) is 15.6. The lowest BCUT2D eigenvalue weighted by molar-refractivity contribution is -0.119. The molecule has 1 amide bonds. The minimum absolute atomic E-state index is 0.0601. The van der Waals surface area contributed by atoms with Gasteiger partial charge in [0.2, 0.25) is 5.91 Å². The number of benzene rings is 1. The minimum Gasteiger partial charge on any atom is -0.384 e. The second-order valence-electron chi connectivity index (χ2n) is 5.76. The number of nitrogens with one attached hydrogen (secondary N) is 1. The van der Waals surface area contributed by atoms with Gasteiger partial charge in [-0.25, -0.2) is 4.98 Å². The van der Waals surface area contributed by atoms with Crippen molar-refractivity contribution in [2.24, 2.45) is 0 Å². The van der Waals surface area contributed by atoms with Crippen molar-refractivity contribution in [3.8, 4) is 0 Å². The van der Waals surface area contributed by atoms with E-state index in [-0.39, 0.29) is 5.91 Å². The van der Waals surface area contributed by atoms with Gasteiger partial charge >= 0.3 is 0 Å². The molecule has 1 aliphatic heterocycles. The van der Waals surface area contributed by atoms with E-state index >= 15 is 0 Å². The highest BCUT2D eigenvalue weighted by Gasteiger charge is 2.21. The molecule has 0 fully saturated rings. The molecule has 0 unspecified atom stereocenters. The van der Waals surface area contributed by atoms with Crippen LogP contribution >= 0.6 is 0 Å². The molecule has 0 bridgehead atoms. The Balaban J connectivity index is 1.76. The van der Waals surface area contributed by atoms with Gasteiger partial charge in [0.15, 0.2) is 0 Å². The Bertz CT molecular complexity index is 669. The first-order chi connectivity index (χ1) is 11.2. The summed E-state index contributed by atoms with van der Waals surface area (Å²) in [5.74, 6) is 0.0601. The van der Waals surface area contributed by atoms with Crippen LogP contribution in [0.1, 0.15) is 17.7 Å². The number of hydrogen-bond donors (Lipinski definition) is 1. The number of aromatic amines is 1. The zero-order valence-electron chi connectivity index (χ0n) is 13.6. The highest BCUT2D eigenvalue weighted by Crippen LogP contribution is 2.32. The van der Waals surface area contributed by atoms with Crippen LogP contribution in [0.25, 0.3) is 0 Å². The molecular formula is C17H22N4O2. The molecule has 2 heterocycles. The van der Waals surface area contributed by atoms with Crippen molar-refractivity contribution >= 4 is 17.3 Å². The highest BCUT2D eigenvalue weighted by molar-refractivity contribution is 5.93. The summed E-state index contributed by atoms with van der Waals surface area (Å²) in [6, 6.07) is 6.24. The molecule has 3 rings (SSSR count). The molecule has 0 spiro atoms. The number of imidazole rings is 1. The molecule has 6 nitrogen and oxygen atoms in total. The monoisotopic (exact) mass is 314 g/mol. The number of nitrogens with zero attached hydrogens (tertiary/aromatic N) is 3. The van der Waals surface area contributed by atoms with E-state index in [0.717, 1.165) is 30.9 Å². The zero-order chi connectivity index (χ0) is 16.2. The Labute approximate surface area is 136 Å². The number of rotatable bonds is 6. The topological polar surface area (TPSA) is 61.5 Å². The van der Waals surface area contributed by atoms with Crippen LogP contribution in [-0.4, -0.2) is 43.2 Å². The summed E-state index contributed by atoms with van der Waals surface area (Å²) in [6.45, 7) is 2.23. The van der Waals surface area contributed by atoms with E-state index in [1.807, 2.05) is 19.3 Å². The van der Waals surface area contributed by atoms with Crippen LogP contribution in [-0.2, 0) is 22.5 Å². The van der Waals surface area contributed by atoms with Gasteiger partial charge in [0.1, 0.15) is 0 Å². The summed E-state index contributed by atoms with van der Waals surface area (Å²) in [5.41, 5.74) is 4.53. The van der Waals surface area contributed by atoms with Crippen LogP contribution in [0.3, 0.4) is 0 Å². The van der Waals surface area contributed by atoms with Gasteiger partial charge in [0.25, 0.3) is 0 Å². The molecular weight excluding hydrogens is 292 g/mol. The number of anilines is 2. The van der Waals surface area contributed by atoms with E-state index in [1.165, 1.54) is 11.3 Å². The van der Waals surface area contributed by atoms with Crippen LogP contribution in [0.4, 0.5) is 11.4 Å². The van der Waals surface area contributed by atoms with E-state index in [2.05, 4.69) is 27.0 Å². The smallest absolute Gasteiger partial charge is 0.229 e. The Morgan fingerprint density at radius 2 is 2.35 bits per heavy atom. The molecule has 0 radical (unpaired) electrons. The lowest BCUT2D eigenvalue weighted by atomic mass is 10.1. The van der Waals surface area contributed by atoms with E-state index in [1.54, 1.807) is 18.3 Å². The van der Waals surface area contributed by atoms with Crippen LogP contribution < -0.4 is 9.80 Å². The van der Waals surface area contributed by atoms with Gasteiger partial charge in [-0.15, -0.1) is 0 Å². The second-order valence-corrected chi connectivity index (χ2v) is 5.76. The van der Waals surface area contributed by atoms with E-state index in [9.17, 15) is 4.79 Å². The van der Waals surface area contributed by atoms with Crippen LogP contribution in [0.15, 0.2) is 30.7 Å². The standard InChI is InChI=1S/C17H22N4O2/c1-20(17(22)6-8-23-2)15-4-3-13-5-7-21(16(13)9-15)11-14-10-18-12-19-14/h3-4,9-10,12H,5-8,11H2,1-2H3,(H,18,19). The number of carbonyl (C=O) groups excluding carboxylic acids is 1. The molecule has 1 N–H and O–H groups in total. The van der Waals surface area contributed by atoms with Crippen molar-refractivity contribution < 1.29 is 9.53 Å². The molecule has 0 atom stereocenters. The van der Waals surface area contributed by atoms with Crippen molar-refractivity contribution in [1.82, 2.24) is 9.97 Å². The fourth-order valence-corrected chi connectivity index (χ4v) is 2.88. The third kappa shape index (κ3) is 3.37. The first-order valence-corrected chi connectivity index (χ1v) is 7.79. The van der Waals surface area contributed by atoms with Crippen molar-refractivity contribution in [2.75, 3.05) is 37.1 Å². The average molecular weight is 314 g/mol. The maximum absolute atomic E-state index is 12.2. The van der Waals surface area contributed by atoms with E-state index in [0.29, 0.717) is 13.0 Å². The molecule has 122 valence electrons. The van der Waals surface area contributed by atoms with Crippen molar-refractivity contribution in [1.29, 1.82) is 0 Å². The molecule has 6 heteroatoms. The zero-order valence-corrected chi connectivity index (χ0v) is 13.6. The average Bonchev–Trinajstić information content (AvgIpc) is 3.22. The minimum atomic E-state index is 0.0601. The summed E-state index contributed by atoms with van der Waals surface area (Å²) < 4.78 is 4.98. The maximum atomic E-state index is 12.2. The van der Waals surface area contributed by atoms with Crippen LogP contribution in [0, 0.1) is 0 Å².